The highest BCUT2D eigenvalue weighted by Crippen LogP contribution is 2.17. The first-order chi connectivity index (χ1) is 8.10. The van der Waals surface area contributed by atoms with Gasteiger partial charge in [-0.1, -0.05) is 11.8 Å². The molecule has 0 unspecified atom stereocenters. The lowest BCUT2D eigenvalue weighted by Crippen LogP contribution is -1.97. The first kappa shape index (κ1) is 12.7. The monoisotopic (exact) mass is 235 g/mol. The van der Waals surface area contributed by atoms with Gasteiger partial charge in [-0.05, 0) is 12.1 Å². The van der Waals surface area contributed by atoms with Gasteiger partial charge in [0.15, 0.2) is 5.82 Å². The smallest absolute Gasteiger partial charge is 0.164 e. The zero-order valence-electron chi connectivity index (χ0n) is 9.17. The van der Waals surface area contributed by atoms with Crippen molar-refractivity contribution in [3.05, 3.63) is 41.1 Å². The number of rotatable bonds is 1. The van der Waals surface area contributed by atoms with Crippen LogP contribution in [0.25, 0.3) is 0 Å². The summed E-state index contributed by atoms with van der Waals surface area (Å²) >= 11 is 0. The largest absolute Gasteiger partial charge is 0.404 e. The molecule has 0 fully saturated rings. The molecule has 1 rings (SSSR count). The van der Waals surface area contributed by atoms with Gasteiger partial charge in [0.2, 0.25) is 0 Å². The lowest BCUT2D eigenvalue weighted by molar-refractivity contribution is 0.580. The number of hydrogen-bond acceptors (Lipinski definition) is 3. The Labute approximate surface area is 97.8 Å². The maximum absolute atomic E-state index is 13.5. The van der Waals surface area contributed by atoms with E-state index >= 15 is 0 Å². The predicted octanol–water partition coefficient (Wildman–Crippen LogP) is 1.44. The van der Waals surface area contributed by atoms with Crippen LogP contribution in [0.3, 0.4) is 0 Å². The van der Waals surface area contributed by atoms with Crippen LogP contribution < -0.4 is 11.5 Å². The normalized spacial score (nSPS) is 11.4. The Bertz CT molecular complexity index is 537. The maximum Gasteiger partial charge on any atom is 0.164 e. The van der Waals surface area contributed by atoms with Crippen molar-refractivity contribution in [1.82, 2.24) is 0 Å². The minimum Gasteiger partial charge on any atom is -0.404 e. The van der Waals surface area contributed by atoms with Gasteiger partial charge in [-0.3, -0.25) is 4.99 Å². The van der Waals surface area contributed by atoms with Gasteiger partial charge in [0.25, 0.3) is 0 Å². The second-order valence-electron chi connectivity index (χ2n) is 3.08. The highest BCUT2D eigenvalue weighted by Gasteiger charge is 2.09. The van der Waals surface area contributed by atoms with Crippen LogP contribution in [0.2, 0.25) is 0 Å². The summed E-state index contributed by atoms with van der Waals surface area (Å²) in [6.45, 7) is 0. The molecule has 0 saturated heterocycles. The van der Waals surface area contributed by atoms with Crippen LogP contribution in [-0.2, 0) is 0 Å². The van der Waals surface area contributed by atoms with Gasteiger partial charge in [0.1, 0.15) is 5.82 Å². The van der Waals surface area contributed by atoms with E-state index in [0.29, 0.717) is 5.57 Å². The van der Waals surface area contributed by atoms with E-state index in [9.17, 15) is 8.78 Å². The third-order valence-electron chi connectivity index (χ3n) is 1.90. The second-order valence-corrected chi connectivity index (χ2v) is 3.08. The molecule has 0 aromatic heterocycles. The number of nitrogen functional groups attached to an aromatic ring is 1. The maximum atomic E-state index is 13.5. The molecule has 5 heteroatoms. The fraction of sp³-hybridized carbons (Fsp3) is 0.0833. The first-order valence-corrected chi connectivity index (χ1v) is 4.69. The van der Waals surface area contributed by atoms with Crippen molar-refractivity contribution >= 4 is 11.9 Å². The zero-order chi connectivity index (χ0) is 12.8. The Hall–Kier alpha value is -2.35. The first-order valence-electron chi connectivity index (χ1n) is 4.69. The third-order valence-corrected chi connectivity index (χ3v) is 1.90. The molecule has 0 radical (unpaired) electrons. The molecule has 0 aliphatic heterocycles. The van der Waals surface area contributed by atoms with Gasteiger partial charge in [-0.2, -0.15) is 0 Å². The Morgan fingerprint density at radius 1 is 1.41 bits per heavy atom. The predicted molar refractivity (Wildman–Crippen MR) is 64.3 cm³/mol. The van der Waals surface area contributed by atoms with Crippen LogP contribution in [0.15, 0.2) is 28.9 Å². The van der Waals surface area contributed by atoms with Crippen LogP contribution in [0, 0.1) is 23.5 Å². The summed E-state index contributed by atoms with van der Waals surface area (Å²) in [6, 6.07) is 2.20. The van der Waals surface area contributed by atoms with Crippen molar-refractivity contribution in [2.24, 2.45) is 10.7 Å². The molecule has 4 N–H and O–H groups in total. The summed E-state index contributed by atoms with van der Waals surface area (Å²) < 4.78 is 26.7. The fourth-order valence-corrected chi connectivity index (χ4v) is 1.07. The second kappa shape index (κ2) is 5.66. The summed E-state index contributed by atoms with van der Waals surface area (Å²) in [5.74, 6) is 3.19. The Kier molecular flexibility index (Phi) is 4.23. The van der Waals surface area contributed by atoms with Gasteiger partial charge >= 0.3 is 0 Å². The summed E-state index contributed by atoms with van der Waals surface area (Å²) in [4.78, 5) is 3.69. The van der Waals surface area contributed by atoms with Crippen molar-refractivity contribution in [3.8, 4) is 11.8 Å². The molecular weight excluding hydrogens is 224 g/mol. The minimum atomic E-state index is -0.873. The van der Waals surface area contributed by atoms with Gasteiger partial charge < -0.3 is 11.5 Å². The van der Waals surface area contributed by atoms with Crippen molar-refractivity contribution in [2.45, 2.75) is 0 Å². The average molecular weight is 235 g/mol. The van der Waals surface area contributed by atoms with Crippen LogP contribution in [0.4, 0.5) is 14.5 Å². The topological polar surface area (TPSA) is 64.4 Å². The highest BCUT2D eigenvalue weighted by molar-refractivity contribution is 5.84. The molecule has 0 bridgehead atoms. The highest BCUT2D eigenvalue weighted by atomic mass is 19.1. The molecule has 1 aromatic rings. The van der Waals surface area contributed by atoms with E-state index in [4.69, 9.17) is 11.5 Å². The summed E-state index contributed by atoms with van der Waals surface area (Å²) in [6.07, 6.45) is 2.58. The third kappa shape index (κ3) is 3.05. The molecule has 0 spiro atoms. The number of halogens is 2. The van der Waals surface area contributed by atoms with Crippen molar-refractivity contribution < 1.29 is 8.78 Å². The molecule has 17 heavy (non-hydrogen) atoms. The summed E-state index contributed by atoms with van der Waals surface area (Å²) in [5.41, 5.74) is 10.4. The van der Waals surface area contributed by atoms with Crippen molar-refractivity contribution in [1.29, 1.82) is 0 Å². The quantitative estimate of drug-likeness (QED) is 0.439. The molecule has 0 heterocycles. The molecule has 0 amide bonds. The lowest BCUT2D eigenvalue weighted by atomic mass is 10.1. The lowest BCUT2D eigenvalue weighted by Gasteiger charge is -1.99. The van der Waals surface area contributed by atoms with E-state index in [1.54, 1.807) is 0 Å². The molecular formula is C12H11F2N3. The Morgan fingerprint density at radius 3 is 2.71 bits per heavy atom. The minimum absolute atomic E-state index is 0.155. The number of aliphatic imine (C=N–C) groups is 1. The number of allylic oxidation sites excluding steroid dienone is 1. The van der Waals surface area contributed by atoms with Gasteiger partial charge in [-0.25, -0.2) is 8.78 Å². The summed E-state index contributed by atoms with van der Waals surface area (Å²) in [7, 11) is 1.53. The molecule has 0 saturated carbocycles. The average Bonchev–Trinajstić information content (AvgIpc) is 2.32. The molecule has 88 valence electrons. The summed E-state index contributed by atoms with van der Waals surface area (Å²) in [5, 5.41) is 0. The van der Waals surface area contributed by atoms with Crippen LogP contribution >= 0.6 is 0 Å². The Balaban J connectivity index is 3.20. The van der Waals surface area contributed by atoms with Crippen molar-refractivity contribution in [3.63, 3.8) is 0 Å². The van der Waals surface area contributed by atoms with Gasteiger partial charge in [0.05, 0.1) is 16.8 Å². The molecule has 0 aliphatic carbocycles. The number of nitrogens with zero attached hydrogens (tertiary/aromatic N) is 1. The zero-order valence-corrected chi connectivity index (χ0v) is 9.17. The fourth-order valence-electron chi connectivity index (χ4n) is 1.07. The van der Waals surface area contributed by atoms with E-state index in [1.165, 1.54) is 19.5 Å². The van der Waals surface area contributed by atoms with E-state index in [0.717, 1.165) is 12.1 Å². The van der Waals surface area contributed by atoms with Crippen LogP contribution in [0.1, 0.15) is 5.56 Å². The number of benzene rings is 1. The number of nitrogens with two attached hydrogens (primary N) is 2. The molecule has 3 nitrogen and oxygen atoms in total. The van der Waals surface area contributed by atoms with Crippen LogP contribution in [-0.4, -0.2) is 13.3 Å². The Morgan fingerprint density at radius 2 is 2.12 bits per heavy atom. The van der Waals surface area contributed by atoms with E-state index in [-0.39, 0.29) is 11.3 Å². The van der Waals surface area contributed by atoms with E-state index in [1.807, 2.05) is 0 Å². The molecule has 1 aromatic carbocycles. The van der Waals surface area contributed by atoms with Gasteiger partial charge in [0, 0.05) is 19.5 Å². The SMILES string of the molecule is C/N=C\C(C#Cc1c(F)ccc(N)c1F)=C/N. The van der Waals surface area contributed by atoms with E-state index in [2.05, 4.69) is 16.8 Å². The molecule has 0 atom stereocenters. The standard InChI is InChI=1S/C12H11F2N3/c1-17-7-8(6-15)2-3-9-10(13)4-5-11(16)12(9)14/h4-7H,15-16H2,1H3/b8-6-,17-7-. The molecule has 0 aliphatic rings. The van der Waals surface area contributed by atoms with Gasteiger partial charge in [-0.15, -0.1) is 0 Å². The van der Waals surface area contributed by atoms with E-state index < -0.39 is 11.6 Å². The van der Waals surface area contributed by atoms with Crippen LogP contribution in [0.5, 0.6) is 0 Å². The van der Waals surface area contributed by atoms with Crippen molar-refractivity contribution in [2.75, 3.05) is 12.8 Å². The number of hydrogen-bond donors (Lipinski definition) is 2. The number of anilines is 1.